The average Bonchev–Trinajstić information content (AvgIpc) is 2.69. The predicted molar refractivity (Wildman–Crippen MR) is 111 cm³/mol. The Balaban J connectivity index is 1.81. The van der Waals surface area contributed by atoms with Crippen LogP contribution in [0.4, 0.5) is 0 Å². The van der Waals surface area contributed by atoms with Crippen molar-refractivity contribution in [3.63, 3.8) is 0 Å². The molecular formula is C21H30N4O3. The Morgan fingerprint density at radius 3 is 2.79 bits per heavy atom. The van der Waals surface area contributed by atoms with Gasteiger partial charge < -0.3 is 24.8 Å². The van der Waals surface area contributed by atoms with Gasteiger partial charge in [-0.05, 0) is 37.6 Å². The fourth-order valence-corrected chi connectivity index (χ4v) is 2.51. The molecule has 1 aromatic carbocycles. The molecular weight excluding hydrogens is 356 g/mol. The number of benzene rings is 1. The van der Waals surface area contributed by atoms with E-state index >= 15 is 0 Å². The highest BCUT2D eigenvalue weighted by Crippen LogP contribution is 2.15. The molecule has 0 spiro atoms. The van der Waals surface area contributed by atoms with E-state index in [4.69, 9.17) is 14.2 Å². The first-order chi connectivity index (χ1) is 13.6. The topological polar surface area (TPSA) is 77.0 Å². The van der Waals surface area contributed by atoms with Gasteiger partial charge in [0.05, 0.1) is 13.2 Å². The van der Waals surface area contributed by atoms with Crippen molar-refractivity contribution in [2.45, 2.75) is 26.5 Å². The number of pyridine rings is 1. The third-order valence-corrected chi connectivity index (χ3v) is 3.93. The summed E-state index contributed by atoms with van der Waals surface area (Å²) in [5, 5.41) is 6.56. The summed E-state index contributed by atoms with van der Waals surface area (Å²) in [5.41, 5.74) is 2.13. The van der Waals surface area contributed by atoms with Crippen molar-refractivity contribution in [1.82, 2.24) is 15.6 Å². The maximum absolute atomic E-state index is 5.94. The molecule has 28 heavy (non-hydrogen) atoms. The summed E-state index contributed by atoms with van der Waals surface area (Å²) in [6.07, 6.45) is 1.70. The molecule has 7 heteroatoms. The van der Waals surface area contributed by atoms with Crippen LogP contribution in [0.2, 0.25) is 0 Å². The second-order valence-corrected chi connectivity index (χ2v) is 6.36. The summed E-state index contributed by atoms with van der Waals surface area (Å²) in [6.45, 7) is 6.21. The van der Waals surface area contributed by atoms with Gasteiger partial charge in [0.25, 0.3) is 0 Å². The van der Waals surface area contributed by atoms with Crippen LogP contribution in [0, 0.1) is 6.92 Å². The Labute approximate surface area is 167 Å². The van der Waals surface area contributed by atoms with Crippen LogP contribution in [0.3, 0.4) is 0 Å². The smallest absolute Gasteiger partial charge is 0.218 e. The lowest BCUT2D eigenvalue weighted by atomic mass is 10.2. The van der Waals surface area contributed by atoms with E-state index in [1.807, 2.05) is 50.2 Å². The normalized spacial score (nSPS) is 12.4. The number of guanidine groups is 1. The van der Waals surface area contributed by atoms with Crippen molar-refractivity contribution in [1.29, 1.82) is 0 Å². The van der Waals surface area contributed by atoms with Gasteiger partial charge in [0, 0.05) is 32.5 Å². The average molecular weight is 386 g/mol. The Kier molecular flexibility index (Phi) is 9.07. The van der Waals surface area contributed by atoms with E-state index in [0.29, 0.717) is 38.1 Å². The van der Waals surface area contributed by atoms with Crippen molar-refractivity contribution >= 4 is 5.96 Å². The summed E-state index contributed by atoms with van der Waals surface area (Å²) in [7, 11) is 3.38. The van der Waals surface area contributed by atoms with Gasteiger partial charge in [-0.25, -0.2) is 4.98 Å². The van der Waals surface area contributed by atoms with Gasteiger partial charge >= 0.3 is 0 Å². The second kappa shape index (κ2) is 11.8. The fraction of sp³-hybridized carbons (Fsp3) is 0.429. The number of aliphatic imine (C=N–C) groups is 1. The molecule has 0 bridgehead atoms. The van der Waals surface area contributed by atoms with Gasteiger partial charge in [0.15, 0.2) is 5.96 Å². The standard InChI is InChI=1S/C21H30N4O3/c1-16-7-5-9-19(13-16)28-17(2)14-24-21(22-3)25-15-18-8-6-10-23-20(18)27-12-11-26-4/h5-10,13,17H,11-12,14-15H2,1-4H3,(H2,22,24,25). The molecule has 0 saturated heterocycles. The van der Waals surface area contributed by atoms with E-state index in [2.05, 4.69) is 20.6 Å². The van der Waals surface area contributed by atoms with Gasteiger partial charge in [-0.2, -0.15) is 0 Å². The molecule has 0 aliphatic heterocycles. The number of rotatable bonds is 10. The molecule has 0 radical (unpaired) electrons. The van der Waals surface area contributed by atoms with Crippen molar-refractivity contribution < 1.29 is 14.2 Å². The lowest BCUT2D eigenvalue weighted by Gasteiger charge is -2.18. The van der Waals surface area contributed by atoms with E-state index in [-0.39, 0.29) is 6.10 Å². The van der Waals surface area contributed by atoms with Gasteiger partial charge in [-0.3, -0.25) is 4.99 Å². The van der Waals surface area contributed by atoms with E-state index in [0.717, 1.165) is 11.3 Å². The number of methoxy groups -OCH3 is 1. The van der Waals surface area contributed by atoms with Gasteiger partial charge in [-0.15, -0.1) is 0 Å². The zero-order valence-electron chi connectivity index (χ0n) is 17.1. The number of nitrogens with one attached hydrogen (secondary N) is 2. The van der Waals surface area contributed by atoms with Crippen molar-refractivity contribution in [3.05, 3.63) is 53.7 Å². The van der Waals surface area contributed by atoms with Crippen LogP contribution in [-0.2, 0) is 11.3 Å². The SMILES string of the molecule is CN=C(NCc1cccnc1OCCOC)NCC(C)Oc1cccc(C)c1. The van der Waals surface area contributed by atoms with Gasteiger partial charge in [0.1, 0.15) is 18.5 Å². The fourth-order valence-electron chi connectivity index (χ4n) is 2.51. The maximum atomic E-state index is 5.94. The summed E-state index contributed by atoms with van der Waals surface area (Å²) in [4.78, 5) is 8.54. The third-order valence-electron chi connectivity index (χ3n) is 3.93. The Bertz CT molecular complexity index is 752. The zero-order valence-corrected chi connectivity index (χ0v) is 17.1. The lowest BCUT2D eigenvalue weighted by molar-refractivity contribution is 0.143. The van der Waals surface area contributed by atoms with Crippen molar-refractivity contribution in [2.75, 3.05) is 33.9 Å². The molecule has 2 rings (SSSR count). The highest BCUT2D eigenvalue weighted by molar-refractivity contribution is 5.79. The molecule has 0 aliphatic carbocycles. The lowest BCUT2D eigenvalue weighted by Crippen LogP contribution is -2.41. The predicted octanol–water partition coefficient (Wildman–Crippen LogP) is 2.55. The van der Waals surface area contributed by atoms with Crippen molar-refractivity contribution in [2.24, 2.45) is 4.99 Å². The maximum Gasteiger partial charge on any atom is 0.218 e. The minimum atomic E-state index is -0.00770. The number of nitrogens with zero attached hydrogens (tertiary/aromatic N) is 2. The van der Waals surface area contributed by atoms with Gasteiger partial charge in [-0.1, -0.05) is 18.2 Å². The summed E-state index contributed by atoms with van der Waals surface area (Å²) < 4.78 is 16.6. The molecule has 1 heterocycles. The summed E-state index contributed by atoms with van der Waals surface area (Å²) in [5.74, 6) is 2.15. The van der Waals surface area contributed by atoms with Crippen molar-refractivity contribution in [3.8, 4) is 11.6 Å². The Hall–Kier alpha value is -2.80. The van der Waals surface area contributed by atoms with E-state index < -0.39 is 0 Å². The highest BCUT2D eigenvalue weighted by Gasteiger charge is 2.08. The monoisotopic (exact) mass is 386 g/mol. The van der Waals surface area contributed by atoms with Crippen LogP contribution in [0.1, 0.15) is 18.1 Å². The van der Waals surface area contributed by atoms with E-state index in [1.54, 1.807) is 20.4 Å². The number of hydrogen-bond acceptors (Lipinski definition) is 5. The molecule has 0 aliphatic rings. The Morgan fingerprint density at radius 2 is 2.04 bits per heavy atom. The largest absolute Gasteiger partial charge is 0.489 e. The van der Waals surface area contributed by atoms with E-state index in [1.165, 1.54) is 5.56 Å². The van der Waals surface area contributed by atoms with Gasteiger partial charge in [0.2, 0.25) is 5.88 Å². The molecule has 2 aromatic rings. The number of hydrogen-bond donors (Lipinski definition) is 2. The minimum Gasteiger partial charge on any atom is -0.489 e. The molecule has 1 unspecified atom stereocenters. The first kappa shape index (κ1) is 21.5. The number of aromatic nitrogens is 1. The molecule has 0 saturated carbocycles. The number of aryl methyl sites for hydroxylation is 1. The molecule has 1 atom stereocenters. The quantitative estimate of drug-likeness (QED) is 0.371. The van der Waals surface area contributed by atoms with Crippen LogP contribution < -0.4 is 20.1 Å². The summed E-state index contributed by atoms with van der Waals surface area (Å²) >= 11 is 0. The van der Waals surface area contributed by atoms with Crippen LogP contribution >= 0.6 is 0 Å². The first-order valence-corrected chi connectivity index (χ1v) is 9.36. The highest BCUT2D eigenvalue weighted by atomic mass is 16.5. The minimum absolute atomic E-state index is 0.00770. The van der Waals surface area contributed by atoms with Crippen LogP contribution in [-0.4, -0.2) is 51.0 Å². The first-order valence-electron chi connectivity index (χ1n) is 9.36. The zero-order chi connectivity index (χ0) is 20.2. The summed E-state index contributed by atoms with van der Waals surface area (Å²) in [6, 6.07) is 11.9. The van der Waals surface area contributed by atoms with Crippen LogP contribution in [0.15, 0.2) is 47.6 Å². The second-order valence-electron chi connectivity index (χ2n) is 6.36. The number of ether oxygens (including phenoxy) is 3. The Morgan fingerprint density at radius 1 is 1.18 bits per heavy atom. The molecule has 0 fully saturated rings. The molecule has 152 valence electrons. The molecule has 1 aromatic heterocycles. The van der Waals surface area contributed by atoms with E-state index in [9.17, 15) is 0 Å². The third kappa shape index (κ3) is 7.44. The molecule has 7 nitrogen and oxygen atoms in total. The molecule has 0 amide bonds. The van der Waals surface area contributed by atoms with Crippen LogP contribution in [0.25, 0.3) is 0 Å². The molecule has 2 N–H and O–H groups in total. The van der Waals surface area contributed by atoms with Crippen LogP contribution in [0.5, 0.6) is 11.6 Å².